The molecule has 0 unspecified atom stereocenters. The third kappa shape index (κ3) is 5.30. The molecular formula is C30H32FN7O5. The molecule has 1 aliphatic heterocycles. The number of ether oxygens (including phenoxy) is 2. The average molecular weight is 590 g/mol. The van der Waals surface area contributed by atoms with E-state index in [2.05, 4.69) is 32.6 Å². The van der Waals surface area contributed by atoms with E-state index in [0.29, 0.717) is 44.6 Å². The van der Waals surface area contributed by atoms with Crippen molar-refractivity contribution in [3.05, 3.63) is 71.4 Å². The summed E-state index contributed by atoms with van der Waals surface area (Å²) in [6, 6.07) is 6.87. The zero-order valence-corrected chi connectivity index (χ0v) is 24.1. The summed E-state index contributed by atoms with van der Waals surface area (Å²) in [5.74, 6) is -0.585. The maximum atomic E-state index is 14.6. The van der Waals surface area contributed by atoms with Crippen molar-refractivity contribution in [2.45, 2.75) is 52.7 Å². The number of hydrogen-bond donors (Lipinski definition) is 2. The Hall–Kier alpha value is -4.81. The molecule has 1 aromatic carbocycles. The molecule has 1 saturated carbocycles. The number of methoxy groups -OCH3 is 1. The summed E-state index contributed by atoms with van der Waals surface area (Å²) in [4.78, 5) is 47.2. The van der Waals surface area contributed by atoms with Crippen molar-refractivity contribution in [1.29, 1.82) is 0 Å². The Kier molecular flexibility index (Phi) is 7.10. The second-order valence-electron chi connectivity index (χ2n) is 11.8. The maximum absolute atomic E-state index is 14.6. The van der Waals surface area contributed by atoms with Crippen LogP contribution < -0.4 is 15.4 Å². The van der Waals surface area contributed by atoms with Gasteiger partial charge in [0.2, 0.25) is 0 Å². The van der Waals surface area contributed by atoms with Gasteiger partial charge in [-0.15, -0.1) is 0 Å². The zero-order valence-electron chi connectivity index (χ0n) is 24.1. The van der Waals surface area contributed by atoms with Gasteiger partial charge in [-0.1, -0.05) is 13.0 Å². The fourth-order valence-electron chi connectivity index (χ4n) is 5.69. The van der Waals surface area contributed by atoms with Gasteiger partial charge >= 0.3 is 5.97 Å². The Morgan fingerprint density at radius 1 is 1.09 bits per heavy atom. The lowest BCUT2D eigenvalue weighted by Gasteiger charge is -2.41. The minimum atomic E-state index is -0.754. The van der Waals surface area contributed by atoms with E-state index in [1.54, 1.807) is 6.20 Å². The minimum absolute atomic E-state index is 0.0172. The summed E-state index contributed by atoms with van der Waals surface area (Å²) in [6.45, 7) is 4.82. The summed E-state index contributed by atoms with van der Waals surface area (Å²) in [7, 11) is 1.39. The van der Waals surface area contributed by atoms with Crippen molar-refractivity contribution >= 4 is 23.4 Å². The first-order chi connectivity index (χ1) is 20.6. The van der Waals surface area contributed by atoms with Crippen molar-refractivity contribution in [2.24, 2.45) is 10.8 Å². The predicted molar refractivity (Wildman–Crippen MR) is 151 cm³/mol. The molecule has 0 spiro atoms. The van der Waals surface area contributed by atoms with Gasteiger partial charge in [0, 0.05) is 31.5 Å². The zero-order chi connectivity index (χ0) is 30.4. The number of fused-ring (bicyclic) bond motifs is 4. The van der Waals surface area contributed by atoms with Crippen LogP contribution in [0.15, 0.2) is 42.9 Å². The highest BCUT2D eigenvalue weighted by molar-refractivity contribution is 5.98. The SMILES string of the molecule is COC(=O)C1(C)CCC(C)(CNC(=O)c2cc(C(=O)NCc3ccc4c(c3)-n3ccnc3CO4)nc3c(F)cnn23)CC1. The van der Waals surface area contributed by atoms with Gasteiger partial charge < -0.3 is 20.1 Å². The third-order valence-corrected chi connectivity index (χ3v) is 8.62. The lowest BCUT2D eigenvalue weighted by atomic mass is 9.65. The molecule has 2 aliphatic rings. The van der Waals surface area contributed by atoms with Crippen molar-refractivity contribution in [3.63, 3.8) is 0 Å². The number of rotatable bonds is 7. The van der Waals surface area contributed by atoms with E-state index >= 15 is 0 Å². The number of nitrogens with one attached hydrogen (secondary N) is 2. The maximum Gasteiger partial charge on any atom is 0.311 e. The molecule has 0 saturated heterocycles. The van der Waals surface area contributed by atoms with Crippen LogP contribution in [-0.2, 0) is 22.7 Å². The van der Waals surface area contributed by atoms with Crippen LogP contribution >= 0.6 is 0 Å². The fraction of sp³-hybridized carbons (Fsp3) is 0.400. The molecule has 0 atom stereocenters. The molecular weight excluding hydrogens is 557 g/mol. The quantitative estimate of drug-likeness (QED) is 0.313. The largest absolute Gasteiger partial charge is 0.483 e. The molecule has 13 heteroatoms. The van der Waals surface area contributed by atoms with Gasteiger partial charge in [-0.05, 0) is 55.7 Å². The van der Waals surface area contributed by atoms with E-state index in [1.807, 2.05) is 35.9 Å². The lowest BCUT2D eigenvalue weighted by molar-refractivity contribution is -0.155. The number of nitrogens with zero attached hydrogens (tertiary/aromatic N) is 5. The molecule has 2 N–H and O–H groups in total. The first-order valence-corrected chi connectivity index (χ1v) is 14.1. The van der Waals surface area contributed by atoms with Crippen molar-refractivity contribution in [1.82, 2.24) is 34.8 Å². The molecule has 0 bridgehead atoms. The van der Waals surface area contributed by atoms with Gasteiger partial charge in [0.25, 0.3) is 11.8 Å². The van der Waals surface area contributed by atoms with Crippen LogP contribution in [0.25, 0.3) is 11.3 Å². The molecule has 4 heterocycles. The Morgan fingerprint density at radius 2 is 1.88 bits per heavy atom. The average Bonchev–Trinajstić information content (AvgIpc) is 3.66. The second-order valence-corrected chi connectivity index (χ2v) is 11.8. The highest BCUT2D eigenvalue weighted by Crippen LogP contribution is 2.45. The molecule has 4 aromatic rings. The topological polar surface area (TPSA) is 142 Å². The predicted octanol–water partition coefficient (Wildman–Crippen LogP) is 3.37. The van der Waals surface area contributed by atoms with Crippen LogP contribution in [0.4, 0.5) is 4.39 Å². The van der Waals surface area contributed by atoms with Gasteiger partial charge in [-0.3, -0.25) is 19.0 Å². The van der Waals surface area contributed by atoms with E-state index in [-0.39, 0.29) is 35.0 Å². The summed E-state index contributed by atoms with van der Waals surface area (Å²) in [5.41, 5.74) is 0.461. The summed E-state index contributed by atoms with van der Waals surface area (Å²) < 4.78 is 28.3. The number of benzene rings is 1. The highest BCUT2D eigenvalue weighted by atomic mass is 19.1. The molecule has 1 fully saturated rings. The third-order valence-electron chi connectivity index (χ3n) is 8.62. The molecule has 43 heavy (non-hydrogen) atoms. The minimum Gasteiger partial charge on any atom is -0.483 e. The molecule has 224 valence electrons. The van der Waals surface area contributed by atoms with Crippen LogP contribution in [0.5, 0.6) is 5.75 Å². The smallest absolute Gasteiger partial charge is 0.311 e. The van der Waals surface area contributed by atoms with Gasteiger partial charge in [-0.25, -0.2) is 18.9 Å². The molecule has 6 rings (SSSR count). The molecule has 1 aliphatic carbocycles. The number of hydrogen-bond acceptors (Lipinski definition) is 8. The highest BCUT2D eigenvalue weighted by Gasteiger charge is 2.43. The fourth-order valence-corrected chi connectivity index (χ4v) is 5.69. The van der Waals surface area contributed by atoms with E-state index in [4.69, 9.17) is 9.47 Å². The van der Waals surface area contributed by atoms with Crippen molar-refractivity contribution < 1.29 is 28.2 Å². The van der Waals surface area contributed by atoms with E-state index in [9.17, 15) is 18.8 Å². The first kappa shape index (κ1) is 28.3. The van der Waals surface area contributed by atoms with Gasteiger partial charge in [0.15, 0.2) is 17.3 Å². The van der Waals surface area contributed by atoms with Crippen LogP contribution in [0.2, 0.25) is 0 Å². The summed E-state index contributed by atoms with van der Waals surface area (Å²) >= 11 is 0. The Bertz CT molecular complexity index is 1740. The molecule has 3 aromatic heterocycles. The van der Waals surface area contributed by atoms with E-state index in [1.165, 1.54) is 13.2 Å². The standard InChI is InChI=1S/C30H32FN7O5/c1-29(6-8-30(2,9-7-29)28(41)42-3)17-34-27(40)22-13-20(36-25-19(31)15-35-38(22)25)26(39)33-14-18-4-5-23-21(12-18)37-11-10-32-24(37)16-43-23/h4-5,10-13,15H,6-9,14,16-17H2,1-3H3,(H,33,39)(H,34,40). The van der Waals surface area contributed by atoms with Gasteiger partial charge in [0.05, 0.1) is 24.4 Å². The lowest BCUT2D eigenvalue weighted by Crippen LogP contribution is -2.43. The summed E-state index contributed by atoms with van der Waals surface area (Å²) in [5, 5.41) is 9.69. The van der Waals surface area contributed by atoms with E-state index < -0.39 is 23.0 Å². The van der Waals surface area contributed by atoms with E-state index in [0.717, 1.165) is 27.8 Å². The number of esters is 1. The van der Waals surface area contributed by atoms with Crippen molar-refractivity contribution in [3.8, 4) is 11.4 Å². The normalized spacial score (nSPS) is 20.9. The second kappa shape index (κ2) is 10.8. The Morgan fingerprint density at radius 3 is 2.65 bits per heavy atom. The van der Waals surface area contributed by atoms with Crippen LogP contribution in [0.3, 0.4) is 0 Å². The molecule has 12 nitrogen and oxygen atoms in total. The molecule has 0 radical (unpaired) electrons. The van der Waals surface area contributed by atoms with Crippen LogP contribution in [0.1, 0.15) is 71.9 Å². The number of halogens is 1. The number of imidazole rings is 1. The Balaban J connectivity index is 1.16. The van der Waals surface area contributed by atoms with Gasteiger partial charge in [-0.2, -0.15) is 5.10 Å². The number of carbonyl (C=O) groups is 3. The number of aromatic nitrogens is 5. The number of carbonyl (C=O) groups excluding carboxylic acids is 3. The van der Waals surface area contributed by atoms with Crippen molar-refractivity contribution in [2.75, 3.05) is 13.7 Å². The van der Waals surface area contributed by atoms with Gasteiger partial charge in [0.1, 0.15) is 23.7 Å². The Labute approximate surface area is 246 Å². The van der Waals surface area contributed by atoms with Crippen LogP contribution in [0, 0.1) is 16.6 Å². The summed E-state index contributed by atoms with van der Waals surface area (Å²) in [6.07, 6.45) is 7.21. The van der Waals surface area contributed by atoms with Crippen LogP contribution in [-0.4, -0.2) is 55.6 Å². The number of amides is 2. The molecule has 2 amide bonds. The first-order valence-electron chi connectivity index (χ1n) is 14.1. The monoisotopic (exact) mass is 589 g/mol.